The van der Waals surface area contributed by atoms with Crippen molar-refractivity contribution >= 4 is 17.6 Å². The third-order valence-corrected chi connectivity index (χ3v) is 4.62. The average Bonchev–Trinajstić information content (AvgIpc) is 3.20. The van der Waals surface area contributed by atoms with Gasteiger partial charge in [0.1, 0.15) is 12.4 Å². The van der Waals surface area contributed by atoms with E-state index >= 15 is 0 Å². The summed E-state index contributed by atoms with van der Waals surface area (Å²) in [6.07, 6.45) is 2.24. The predicted octanol–water partition coefficient (Wildman–Crippen LogP) is 3.68. The van der Waals surface area contributed by atoms with E-state index < -0.39 is 11.9 Å². The van der Waals surface area contributed by atoms with Gasteiger partial charge >= 0.3 is 5.97 Å². The molecule has 6 nitrogen and oxygen atoms in total. The highest BCUT2D eigenvalue weighted by atomic mass is 16.5. The summed E-state index contributed by atoms with van der Waals surface area (Å²) < 4.78 is 11.2. The Morgan fingerprint density at radius 2 is 1.89 bits per heavy atom. The molecule has 1 fully saturated rings. The number of carbonyl (C=O) groups is 2. The first-order valence-corrected chi connectivity index (χ1v) is 9.01. The maximum absolute atomic E-state index is 12.4. The van der Waals surface area contributed by atoms with Gasteiger partial charge in [0.05, 0.1) is 12.0 Å². The standard InChI is InChI=1S/C21H23NO5/c1-14(21(24)25)15-4-8-17(9-5-15)22-20(23)16-6-10-18(11-7-16)27-13-19-3-2-12-26-19/h4-11,14,19H,2-3,12-13H2,1H3,(H,22,23)(H,24,25). The normalized spacial score (nSPS) is 17.3. The topological polar surface area (TPSA) is 84.9 Å². The predicted molar refractivity (Wildman–Crippen MR) is 101 cm³/mol. The highest BCUT2D eigenvalue weighted by molar-refractivity contribution is 6.04. The number of rotatable bonds is 7. The van der Waals surface area contributed by atoms with Crippen LogP contribution in [-0.2, 0) is 9.53 Å². The Morgan fingerprint density at radius 3 is 2.48 bits per heavy atom. The number of carboxylic acid groups (broad SMARTS) is 1. The Hall–Kier alpha value is -2.86. The lowest BCUT2D eigenvalue weighted by molar-refractivity contribution is -0.138. The molecule has 142 valence electrons. The minimum absolute atomic E-state index is 0.153. The van der Waals surface area contributed by atoms with Gasteiger partial charge in [-0.2, -0.15) is 0 Å². The summed E-state index contributed by atoms with van der Waals surface area (Å²) in [6.45, 7) is 2.94. The van der Waals surface area contributed by atoms with Gasteiger partial charge in [0.15, 0.2) is 0 Å². The van der Waals surface area contributed by atoms with Gasteiger partial charge in [-0.1, -0.05) is 12.1 Å². The van der Waals surface area contributed by atoms with Crippen molar-refractivity contribution in [2.45, 2.75) is 31.8 Å². The van der Waals surface area contributed by atoms with Gasteiger partial charge in [-0.05, 0) is 61.7 Å². The maximum atomic E-state index is 12.4. The highest BCUT2D eigenvalue weighted by Gasteiger charge is 2.16. The monoisotopic (exact) mass is 369 g/mol. The number of carboxylic acids is 1. The fourth-order valence-corrected chi connectivity index (χ4v) is 2.87. The van der Waals surface area contributed by atoms with Gasteiger partial charge in [0.2, 0.25) is 0 Å². The lowest BCUT2D eigenvalue weighted by Crippen LogP contribution is -2.16. The summed E-state index contributed by atoms with van der Waals surface area (Å²) >= 11 is 0. The van der Waals surface area contributed by atoms with Gasteiger partial charge in [-0.15, -0.1) is 0 Å². The molecule has 1 aliphatic heterocycles. The first-order valence-electron chi connectivity index (χ1n) is 9.01. The van der Waals surface area contributed by atoms with Crippen molar-refractivity contribution in [3.05, 3.63) is 59.7 Å². The minimum atomic E-state index is -0.881. The molecular formula is C21H23NO5. The van der Waals surface area contributed by atoms with Crippen LogP contribution in [0.3, 0.4) is 0 Å². The molecule has 2 atom stereocenters. The van der Waals surface area contributed by atoms with E-state index in [4.69, 9.17) is 14.6 Å². The van der Waals surface area contributed by atoms with Crippen molar-refractivity contribution in [1.29, 1.82) is 0 Å². The molecule has 2 unspecified atom stereocenters. The van der Waals surface area contributed by atoms with E-state index in [1.165, 1.54) is 0 Å². The van der Waals surface area contributed by atoms with Crippen LogP contribution in [0.5, 0.6) is 5.75 Å². The first kappa shape index (κ1) is 18.9. The molecule has 1 saturated heterocycles. The summed E-state index contributed by atoms with van der Waals surface area (Å²) in [5.41, 5.74) is 1.82. The number of amides is 1. The molecule has 0 radical (unpaired) electrons. The van der Waals surface area contributed by atoms with Crippen molar-refractivity contribution in [3.63, 3.8) is 0 Å². The van der Waals surface area contributed by atoms with Crippen LogP contribution < -0.4 is 10.1 Å². The number of hydrogen-bond donors (Lipinski definition) is 2. The van der Waals surface area contributed by atoms with Crippen LogP contribution in [0.15, 0.2) is 48.5 Å². The van der Waals surface area contributed by atoms with E-state index in [1.54, 1.807) is 55.5 Å². The molecule has 0 bridgehead atoms. The van der Waals surface area contributed by atoms with Gasteiger partial charge in [0, 0.05) is 17.9 Å². The molecule has 27 heavy (non-hydrogen) atoms. The van der Waals surface area contributed by atoms with E-state index in [9.17, 15) is 9.59 Å². The average molecular weight is 369 g/mol. The Morgan fingerprint density at radius 1 is 1.19 bits per heavy atom. The van der Waals surface area contributed by atoms with E-state index in [-0.39, 0.29) is 12.0 Å². The second-order valence-corrected chi connectivity index (χ2v) is 6.61. The number of aliphatic carboxylic acids is 1. The SMILES string of the molecule is CC(C(=O)O)c1ccc(NC(=O)c2ccc(OCC3CCCO3)cc2)cc1. The van der Waals surface area contributed by atoms with Crippen molar-refractivity contribution in [3.8, 4) is 5.75 Å². The van der Waals surface area contributed by atoms with Crippen LogP contribution in [0.1, 0.15) is 41.6 Å². The zero-order chi connectivity index (χ0) is 19.2. The van der Waals surface area contributed by atoms with E-state index in [2.05, 4.69) is 5.32 Å². The number of nitrogens with one attached hydrogen (secondary N) is 1. The largest absolute Gasteiger partial charge is 0.491 e. The maximum Gasteiger partial charge on any atom is 0.310 e. The highest BCUT2D eigenvalue weighted by Crippen LogP contribution is 2.20. The second-order valence-electron chi connectivity index (χ2n) is 6.61. The van der Waals surface area contributed by atoms with E-state index in [0.29, 0.717) is 29.2 Å². The fraction of sp³-hybridized carbons (Fsp3) is 0.333. The van der Waals surface area contributed by atoms with E-state index in [1.807, 2.05) is 0 Å². The molecule has 6 heteroatoms. The molecule has 1 heterocycles. The molecule has 2 aromatic rings. The Kier molecular flexibility index (Phi) is 6.08. The second kappa shape index (κ2) is 8.68. The van der Waals surface area contributed by atoms with Gasteiger partial charge in [0.25, 0.3) is 5.91 Å². The van der Waals surface area contributed by atoms with Crippen LogP contribution in [0.25, 0.3) is 0 Å². The molecule has 3 rings (SSSR count). The Balaban J connectivity index is 1.55. The minimum Gasteiger partial charge on any atom is -0.491 e. The molecule has 1 amide bonds. The molecule has 0 aliphatic carbocycles. The number of carbonyl (C=O) groups excluding carboxylic acids is 1. The first-order chi connectivity index (χ1) is 13.0. The Labute approximate surface area is 158 Å². The third-order valence-electron chi connectivity index (χ3n) is 4.62. The van der Waals surface area contributed by atoms with Crippen LogP contribution in [-0.4, -0.2) is 36.3 Å². The van der Waals surface area contributed by atoms with Crippen molar-refractivity contribution in [2.24, 2.45) is 0 Å². The molecule has 2 aromatic carbocycles. The quantitative estimate of drug-likeness (QED) is 0.778. The molecule has 0 spiro atoms. The van der Waals surface area contributed by atoms with E-state index in [0.717, 1.165) is 19.4 Å². The third kappa shape index (κ3) is 5.08. The summed E-state index contributed by atoms with van der Waals surface area (Å²) in [7, 11) is 0. The number of anilines is 1. The number of ether oxygens (including phenoxy) is 2. The van der Waals surface area contributed by atoms with Gasteiger partial charge < -0.3 is 19.9 Å². The summed E-state index contributed by atoms with van der Waals surface area (Å²) in [6, 6.07) is 13.8. The van der Waals surface area contributed by atoms with Crippen LogP contribution >= 0.6 is 0 Å². The van der Waals surface area contributed by atoms with Crippen molar-refractivity contribution < 1.29 is 24.2 Å². The summed E-state index contributed by atoms with van der Waals surface area (Å²) in [4.78, 5) is 23.4. The zero-order valence-corrected chi connectivity index (χ0v) is 15.2. The number of benzene rings is 2. The summed E-state index contributed by atoms with van der Waals surface area (Å²) in [5.74, 6) is -1.00. The van der Waals surface area contributed by atoms with Crippen LogP contribution in [0, 0.1) is 0 Å². The lowest BCUT2D eigenvalue weighted by atomic mass is 10.0. The molecule has 0 aromatic heterocycles. The van der Waals surface area contributed by atoms with Crippen LogP contribution in [0.4, 0.5) is 5.69 Å². The molecular weight excluding hydrogens is 346 g/mol. The molecule has 0 saturated carbocycles. The van der Waals surface area contributed by atoms with Crippen molar-refractivity contribution in [1.82, 2.24) is 0 Å². The smallest absolute Gasteiger partial charge is 0.310 e. The zero-order valence-electron chi connectivity index (χ0n) is 15.2. The van der Waals surface area contributed by atoms with Crippen LogP contribution in [0.2, 0.25) is 0 Å². The molecule has 1 aliphatic rings. The Bertz CT molecular complexity index is 779. The molecule has 2 N–H and O–H groups in total. The van der Waals surface area contributed by atoms with Gasteiger partial charge in [-0.3, -0.25) is 9.59 Å². The fourth-order valence-electron chi connectivity index (χ4n) is 2.87. The summed E-state index contributed by atoms with van der Waals surface area (Å²) in [5, 5.41) is 11.8. The van der Waals surface area contributed by atoms with Gasteiger partial charge in [-0.25, -0.2) is 0 Å². The number of hydrogen-bond acceptors (Lipinski definition) is 4. The lowest BCUT2D eigenvalue weighted by Gasteiger charge is -2.12. The van der Waals surface area contributed by atoms with Crippen molar-refractivity contribution in [2.75, 3.05) is 18.5 Å².